The Hall–Kier alpha value is -1.18. The minimum absolute atomic E-state index is 0.328. The Labute approximate surface area is 120 Å². The summed E-state index contributed by atoms with van der Waals surface area (Å²) >= 11 is 0. The van der Waals surface area contributed by atoms with Crippen LogP contribution in [0.5, 0.6) is 0 Å². The maximum absolute atomic E-state index is 11.8. The van der Waals surface area contributed by atoms with E-state index < -0.39 is 6.03 Å². The molecular weight excluding hydrogens is 260 g/mol. The molecule has 1 rings (SSSR count). The zero-order valence-electron chi connectivity index (χ0n) is 12.4. The van der Waals surface area contributed by atoms with Gasteiger partial charge in [0, 0.05) is 20.2 Å². The maximum Gasteiger partial charge on any atom is 0.318 e. The van der Waals surface area contributed by atoms with E-state index in [1.165, 1.54) is 0 Å². The third kappa shape index (κ3) is 5.85. The van der Waals surface area contributed by atoms with Gasteiger partial charge in [-0.05, 0) is 38.8 Å². The SMILES string of the molecule is COCCNCC1CCCN(C(C)C(=O)NC(N)=O)C1. The highest BCUT2D eigenvalue weighted by atomic mass is 16.5. The molecule has 20 heavy (non-hydrogen) atoms. The van der Waals surface area contributed by atoms with Crippen LogP contribution in [0.15, 0.2) is 0 Å². The number of nitrogens with two attached hydrogens (primary N) is 1. The standard InChI is InChI=1S/C13H26N4O3/c1-10(12(18)16-13(14)19)17-6-3-4-11(9-17)8-15-5-7-20-2/h10-11,15H,3-9H2,1-2H3,(H3,14,16,18,19). The number of amides is 3. The van der Waals surface area contributed by atoms with Crippen LogP contribution in [0.4, 0.5) is 4.79 Å². The molecule has 1 aliphatic heterocycles. The maximum atomic E-state index is 11.8. The number of nitrogens with one attached hydrogen (secondary N) is 2. The highest BCUT2D eigenvalue weighted by molar-refractivity contribution is 5.96. The average Bonchev–Trinajstić information content (AvgIpc) is 2.42. The summed E-state index contributed by atoms with van der Waals surface area (Å²) in [4.78, 5) is 24.6. The van der Waals surface area contributed by atoms with Crippen molar-refractivity contribution >= 4 is 11.9 Å². The number of carbonyl (C=O) groups excluding carboxylic acids is 2. The first-order valence-corrected chi connectivity index (χ1v) is 7.08. The lowest BCUT2D eigenvalue weighted by Crippen LogP contribution is -2.52. The van der Waals surface area contributed by atoms with Gasteiger partial charge in [0.25, 0.3) is 0 Å². The Balaban J connectivity index is 2.35. The van der Waals surface area contributed by atoms with Crippen LogP contribution in [0.3, 0.4) is 0 Å². The van der Waals surface area contributed by atoms with Crippen molar-refractivity contribution in [3.8, 4) is 0 Å². The van der Waals surface area contributed by atoms with E-state index >= 15 is 0 Å². The molecule has 0 aliphatic carbocycles. The van der Waals surface area contributed by atoms with Crippen molar-refractivity contribution in [1.82, 2.24) is 15.5 Å². The molecule has 0 saturated carbocycles. The normalized spacial score (nSPS) is 21.4. The summed E-state index contributed by atoms with van der Waals surface area (Å²) in [5.41, 5.74) is 4.97. The molecule has 0 aromatic heterocycles. The highest BCUT2D eigenvalue weighted by Crippen LogP contribution is 2.17. The zero-order chi connectivity index (χ0) is 15.0. The van der Waals surface area contributed by atoms with E-state index in [1.807, 2.05) is 0 Å². The van der Waals surface area contributed by atoms with Gasteiger partial charge in [0.1, 0.15) is 0 Å². The van der Waals surface area contributed by atoms with Gasteiger partial charge in [-0.2, -0.15) is 0 Å². The first-order chi connectivity index (χ1) is 9.54. The fraction of sp³-hybridized carbons (Fsp3) is 0.846. The topological polar surface area (TPSA) is 96.7 Å². The Morgan fingerprint density at radius 1 is 1.50 bits per heavy atom. The molecule has 0 bridgehead atoms. The van der Waals surface area contributed by atoms with Crippen LogP contribution in [0.25, 0.3) is 0 Å². The summed E-state index contributed by atoms with van der Waals surface area (Å²) in [6, 6.07) is -1.12. The Bertz CT molecular complexity index is 325. The molecular formula is C13H26N4O3. The molecule has 0 spiro atoms. The number of nitrogens with zero attached hydrogens (tertiary/aromatic N) is 1. The van der Waals surface area contributed by atoms with Gasteiger partial charge in [0.05, 0.1) is 12.6 Å². The smallest absolute Gasteiger partial charge is 0.318 e. The Kier molecular flexibility index (Phi) is 7.50. The molecule has 116 valence electrons. The second-order valence-electron chi connectivity index (χ2n) is 5.23. The van der Waals surface area contributed by atoms with Gasteiger partial charge in [0.2, 0.25) is 5.91 Å². The minimum Gasteiger partial charge on any atom is -0.383 e. The number of imide groups is 1. The molecule has 1 saturated heterocycles. The molecule has 1 fully saturated rings. The quantitative estimate of drug-likeness (QED) is 0.549. The lowest BCUT2D eigenvalue weighted by atomic mass is 9.96. The number of urea groups is 1. The number of primary amides is 1. The largest absolute Gasteiger partial charge is 0.383 e. The molecule has 4 N–H and O–H groups in total. The molecule has 0 radical (unpaired) electrons. The van der Waals surface area contributed by atoms with Gasteiger partial charge in [-0.1, -0.05) is 0 Å². The van der Waals surface area contributed by atoms with Crippen molar-refractivity contribution in [2.75, 3.05) is 39.9 Å². The van der Waals surface area contributed by atoms with Crippen LogP contribution in [0.1, 0.15) is 19.8 Å². The van der Waals surface area contributed by atoms with Crippen molar-refractivity contribution in [1.29, 1.82) is 0 Å². The van der Waals surface area contributed by atoms with Crippen LogP contribution >= 0.6 is 0 Å². The molecule has 0 aromatic rings. The van der Waals surface area contributed by atoms with E-state index in [-0.39, 0.29) is 11.9 Å². The van der Waals surface area contributed by atoms with Crippen molar-refractivity contribution in [3.05, 3.63) is 0 Å². The first kappa shape index (κ1) is 16.9. The zero-order valence-corrected chi connectivity index (χ0v) is 12.4. The highest BCUT2D eigenvalue weighted by Gasteiger charge is 2.27. The first-order valence-electron chi connectivity index (χ1n) is 7.08. The van der Waals surface area contributed by atoms with E-state index in [2.05, 4.69) is 15.5 Å². The Morgan fingerprint density at radius 2 is 2.25 bits per heavy atom. The molecule has 2 unspecified atom stereocenters. The van der Waals surface area contributed by atoms with E-state index in [1.54, 1.807) is 14.0 Å². The predicted octanol–water partition coefficient (Wildman–Crippen LogP) is -0.482. The lowest BCUT2D eigenvalue weighted by molar-refractivity contribution is -0.125. The summed E-state index contributed by atoms with van der Waals surface area (Å²) in [6.45, 7) is 6.00. The monoisotopic (exact) mass is 286 g/mol. The fourth-order valence-electron chi connectivity index (χ4n) is 2.49. The number of ether oxygens (including phenoxy) is 1. The van der Waals surface area contributed by atoms with E-state index in [4.69, 9.17) is 10.5 Å². The summed E-state index contributed by atoms with van der Waals surface area (Å²) in [5, 5.41) is 5.49. The number of hydrogen-bond donors (Lipinski definition) is 3. The molecule has 2 atom stereocenters. The van der Waals surface area contributed by atoms with E-state index in [9.17, 15) is 9.59 Å². The number of hydrogen-bond acceptors (Lipinski definition) is 5. The van der Waals surface area contributed by atoms with Gasteiger partial charge < -0.3 is 15.8 Å². The van der Waals surface area contributed by atoms with Crippen molar-refractivity contribution in [3.63, 3.8) is 0 Å². The number of methoxy groups -OCH3 is 1. The molecule has 3 amide bonds. The minimum atomic E-state index is -0.795. The summed E-state index contributed by atoms with van der Waals surface area (Å²) in [7, 11) is 1.68. The average molecular weight is 286 g/mol. The van der Waals surface area contributed by atoms with Crippen LogP contribution in [0, 0.1) is 5.92 Å². The number of carbonyl (C=O) groups is 2. The third-order valence-electron chi connectivity index (χ3n) is 3.64. The molecule has 7 heteroatoms. The van der Waals surface area contributed by atoms with Gasteiger partial charge in [-0.3, -0.25) is 15.0 Å². The second kappa shape index (κ2) is 8.89. The van der Waals surface area contributed by atoms with Crippen LogP contribution in [-0.2, 0) is 9.53 Å². The van der Waals surface area contributed by atoms with E-state index in [0.717, 1.165) is 39.0 Å². The molecule has 1 heterocycles. The summed E-state index contributed by atoms with van der Waals surface area (Å²) < 4.78 is 4.99. The fourth-order valence-corrected chi connectivity index (χ4v) is 2.49. The third-order valence-corrected chi connectivity index (χ3v) is 3.64. The molecule has 7 nitrogen and oxygen atoms in total. The second-order valence-corrected chi connectivity index (χ2v) is 5.23. The van der Waals surface area contributed by atoms with Crippen molar-refractivity contribution in [2.24, 2.45) is 11.7 Å². The number of likely N-dealkylation sites (tertiary alicyclic amines) is 1. The van der Waals surface area contributed by atoms with Crippen LogP contribution in [0.2, 0.25) is 0 Å². The van der Waals surface area contributed by atoms with Gasteiger partial charge in [-0.25, -0.2) is 4.79 Å². The Morgan fingerprint density at radius 3 is 2.90 bits per heavy atom. The van der Waals surface area contributed by atoms with Crippen molar-refractivity contribution in [2.45, 2.75) is 25.8 Å². The van der Waals surface area contributed by atoms with Crippen molar-refractivity contribution < 1.29 is 14.3 Å². The lowest BCUT2D eigenvalue weighted by Gasteiger charge is -2.36. The molecule has 0 aromatic carbocycles. The number of piperidine rings is 1. The summed E-state index contributed by atoms with van der Waals surface area (Å²) in [5.74, 6) is 0.190. The van der Waals surface area contributed by atoms with Crippen LogP contribution in [-0.4, -0.2) is 62.8 Å². The van der Waals surface area contributed by atoms with Crippen LogP contribution < -0.4 is 16.4 Å². The summed E-state index contributed by atoms with van der Waals surface area (Å²) in [6.07, 6.45) is 2.21. The van der Waals surface area contributed by atoms with Gasteiger partial charge in [0.15, 0.2) is 0 Å². The van der Waals surface area contributed by atoms with E-state index in [0.29, 0.717) is 12.5 Å². The predicted molar refractivity (Wildman–Crippen MR) is 76.2 cm³/mol. The van der Waals surface area contributed by atoms with Gasteiger partial charge in [-0.15, -0.1) is 0 Å². The van der Waals surface area contributed by atoms with Gasteiger partial charge >= 0.3 is 6.03 Å². The molecule has 1 aliphatic rings. The number of rotatable bonds is 7.